The number of primary amides is 1. The number of carbonyl (C=O) groups excluding carboxylic acids is 1. The second kappa shape index (κ2) is 14.1. The molecule has 4 N–H and O–H groups in total. The standard InChI is InChI=1S/C23H35N7O.HI/c1-2-25-23(26-11-6-14-29-13-5-10-21(17-29)22(24)31)27-16-19-8-3-4-9-20(19)18-30-15-7-12-28-30;/h3-4,7-9,12,15,21H,2,5-6,10-11,13-14,16-18H2,1H3,(H2,24,31)(H2,25,26,27);1H. The lowest BCUT2D eigenvalue weighted by Crippen LogP contribution is -2.43. The van der Waals surface area contributed by atoms with Gasteiger partial charge in [-0.05, 0) is 56.5 Å². The topological polar surface area (TPSA) is 101 Å². The van der Waals surface area contributed by atoms with Crippen LogP contribution in [0, 0.1) is 5.92 Å². The SMILES string of the molecule is CCNC(=NCc1ccccc1Cn1cccn1)NCCCN1CCCC(C(N)=O)C1.I. The van der Waals surface area contributed by atoms with Crippen molar-refractivity contribution < 1.29 is 4.79 Å². The van der Waals surface area contributed by atoms with Gasteiger partial charge >= 0.3 is 0 Å². The monoisotopic (exact) mass is 553 g/mol. The van der Waals surface area contributed by atoms with E-state index in [9.17, 15) is 4.79 Å². The number of nitrogens with one attached hydrogen (secondary N) is 2. The summed E-state index contributed by atoms with van der Waals surface area (Å²) in [5.74, 6) is 0.657. The van der Waals surface area contributed by atoms with Crippen LogP contribution in [0.4, 0.5) is 0 Å². The van der Waals surface area contributed by atoms with E-state index in [1.54, 1.807) is 6.20 Å². The molecule has 0 saturated carbocycles. The van der Waals surface area contributed by atoms with E-state index in [0.717, 1.165) is 64.5 Å². The smallest absolute Gasteiger partial charge is 0.221 e. The molecule has 1 saturated heterocycles. The summed E-state index contributed by atoms with van der Waals surface area (Å²) in [5, 5.41) is 11.1. The summed E-state index contributed by atoms with van der Waals surface area (Å²) in [4.78, 5) is 18.6. The molecule has 1 fully saturated rings. The second-order valence-electron chi connectivity index (χ2n) is 7.99. The molecule has 1 atom stereocenters. The molecule has 1 aliphatic heterocycles. The van der Waals surface area contributed by atoms with Gasteiger partial charge in [0.15, 0.2) is 5.96 Å². The number of aliphatic imine (C=N–C) groups is 1. The summed E-state index contributed by atoms with van der Waals surface area (Å²) in [6, 6.07) is 10.3. The van der Waals surface area contributed by atoms with Crippen LogP contribution in [0.2, 0.25) is 0 Å². The van der Waals surface area contributed by atoms with Crippen LogP contribution in [-0.2, 0) is 17.9 Å². The molecule has 8 nitrogen and oxygen atoms in total. The minimum atomic E-state index is -0.169. The Hall–Kier alpha value is -2.14. The minimum absolute atomic E-state index is 0. The third-order valence-electron chi connectivity index (χ3n) is 5.61. The van der Waals surface area contributed by atoms with Crippen LogP contribution >= 0.6 is 24.0 Å². The highest BCUT2D eigenvalue weighted by molar-refractivity contribution is 14.0. The lowest BCUT2D eigenvalue weighted by Gasteiger charge is -2.31. The molecule has 0 radical (unpaired) electrons. The molecule has 0 aliphatic carbocycles. The number of nitrogens with two attached hydrogens (primary N) is 1. The number of aromatic nitrogens is 2. The Morgan fingerprint density at radius 2 is 2.06 bits per heavy atom. The number of halogens is 1. The van der Waals surface area contributed by atoms with Crippen LogP contribution in [0.5, 0.6) is 0 Å². The first-order chi connectivity index (χ1) is 15.2. The predicted molar refractivity (Wildman–Crippen MR) is 139 cm³/mol. The number of hydrogen-bond donors (Lipinski definition) is 3. The zero-order valence-electron chi connectivity index (χ0n) is 18.9. The Balaban J connectivity index is 0.00000363. The van der Waals surface area contributed by atoms with E-state index in [4.69, 9.17) is 10.7 Å². The molecule has 2 aromatic rings. The van der Waals surface area contributed by atoms with Crippen molar-refractivity contribution in [3.63, 3.8) is 0 Å². The first-order valence-electron chi connectivity index (χ1n) is 11.2. The van der Waals surface area contributed by atoms with Gasteiger partial charge in [-0.1, -0.05) is 24.3 Å². The van der Waals surface area contributed by atoms with Gasteiger partial charge in [0, 0.05) is 32.0 Å². The number of likely N-dealkylation sites (tertiary alicyclic amines) is 1. The third-order valence-corrected chi connectivity index (χ3v) is 5.61. The highest BCUT2D eigenvalue weighted by Gasteiger charge is 2.23. The lowest BCUT2D eigenvalue weighted by molar-refractivity contribution is -0.123. The molecular formula is C23H36IN7O. The average molecular weight is 553 g/mol. The zero-order chi connectivity index (χ0) is 21.9. The van der Waals surface area contributed by atoms with Gasteiger partial charge in [0.05, 0.1) is 19.0 Å². The fourth-order valence-electron chi connectivity index (χ4n) is 3.94. The van der Waals surface area contributed by atoms with Crippen molar-refractivity contribution in [1.82, 2.24) is 25.3 Å². The Kier molecular flexibility index (Phi) is 11.5. The highest BCUT2D eigenvalue weighted by atomic mass is 127. The molecule has 0 spiro atoms. The maximum atomic E-state index is 11.4. The zero-order valence-corrected chi connectivity index (χ0v) is 21.2. The van der Waals surface area contributed by atoms with Crippen LogP contribution in [0.1, 0.15) is 37.3 Å². The van der Waals surface area contributed by atoms with Crippen molar-refractivity contribution in [2.24, 2.45) is 16.6 Å². The van der Waals surface area contributed by atoms with Crippen molar-refractivity contribution in [1.29, 1.82) is 0 Å². The normalized spacial score (nSPS) is 16.9. The molecule has 1 unspecified atom stereocenters. The fourth-order valence-corrected chi connectivity index (χ4v) is 3.94. The molecule has 9 heteroatoms. The van der Waals surface area contributed by atoms with Crippen LogP contribution in [0.15, 0.2) is 47.7 Å². The van der Waals surface area contributed by atoms with E-state index in [2.05, 4.69) is 51.8 Å². The van der Waals surface area contributed by atoms with Gasteiger partial charge < -0.3 is 21.3 Å². The maximum Gasteiger partial charge on any atom is 0.221 e. The maximum absolute atomic E-state index is 11.4. The third kappa shape index (κ3) is 8.42. The van der Waals surface area contributed by atoms with Crippen LogP contribution in [-0.4, -0.2) is 59.3 Å². The van der Waals surface area contributed by atoms with Gasteiger partial charge in [-0.15, -0.1) is 24.0 Å². The van der Waals surface area contributed by atoms with Gasteiger partial charge in [0.25, 0.3) is 0 Å². The quantitative estimate of drug-likeness (QED) is 0.181. The number of rotatable bonds is 10. The van der Waals surface area contributed by atoms with Gasteiger partial charge in [0.2, 0.25) is 5.91 Å². The summed E-state index contributed by atoms with van der Waals surface area (Å²) in [7, 11) is 0. The van der Waals surface area contributed by atoms with Crippen LogP contribution in [0.25, 0.3) is 0 Å². The Labute approximate surface area is 208 Å². The molecule has 1 aliphatic rings. The Morgan fingerprint density at radius 3 is 2.78 bits per heavy atom. The van der Waals surface area contributed by atoms with Crippen molar-refractivity contribution in [3.05, 3.63) is 53.9 Å². The molecule has 32 heavy (non-hydrogen) atoms. The molecule has 0 bridgehead atoms. The number of carbonyl (C=O) groups is 1. The summed E-state index contributed by atoms with van der Waals surface area (Å²) in [6.45, 7) is 7.86. The van der Waals surface area contributed by atoms with Crippen LogP contribution < -0.4 is 16.4 Å². The minimum Gasteiger partial charge on any atom is -0.369 e. The van der Waals surface area contributed by atoms with Gasteiger partial charge in [0.1, 0.15) is 0 Å². The number of amides is 1. The second-order valence-corrected chi connectivity index (χ2v) is 7.99. The van der Waals surface area contributed by atoms with Crippen LogP contribution in [0.3, 0.4) is 0 Å². The predicted octanol–water partition coefficient (Wildman–Crippen LogP) is 2.19. The van der Waals surface area contributed by atoms with Crippen molar-refractivity contribution >= 4 is 35.8 Å². The number of benzene rings is 1. The van der Waals surface area contributed by atoms with Gasteiger partial charge in [-0.25, -0.2) is 4.99 Å². The van der Waals surface area contributed by atoms with Crippen molar-refractivity contribution in [2.45, 2.75) is 39.3 Å². The van der Waals surface area contributed by atoms with E-state index in [-0.39, 0.29) is 35.8 Å². The fraction of sp³-hybridized carbons (Fsp3) is 0.522. The largest absolute Gasteiger partial charge is 0.369 e. The van der Waals surface area contributed by atoms with E-state index < -0.39 is 0 Å². The summed E-state index contributed by atoms with van der Waals surface area (Å²) >= 11 is 0. The molecule has 176 valence electrons. The summed E-state index contributed by atoms with van der Waals surface area (Å²) in [6.07, 6.45) is 6.73. The molecule has 2 heterocycles. The number of nitrogens with zero attached hydrogens (tertiary/aromatic N) is 4. The summed E-state index contributed by atoms with van der Waals surface area (Å²) < 4.78 is 1.93. The molecule has 1 aromatic heterocycles. The van der Waals surface area contributed by atoms with Gasteiger partial charge in [-0.2, -0.15) is 5.10 Å². The Bertz CT molecular complexity index is 841. The summed E-state index contributed by atoms with van der Waals surface area (Å²) in [5.41, 5.74) is 7.90. The number of piperidine rings is 1. The Morgan fingerprint density at radius 1 is 1.25 bits per heavy atom. The van der Waals surface area contributed by atoms with Crippen molar-refractivity contribution in [2.75, 3.05) is 32.7 Å². The molecule has 3 rings (SSSR count). The lowest BCUT2D eigenvalue weighted by atomic mass is 9.97. The van der Waals surface area contributed by atoms with Gasteiger partial charge in [-0.3, -0.25) is 9.48 Å². The first-order valence-corrected chi connectivity index (χ1v) is 11.2. The first kappa shape index (κ1) is 26.1. The number of hydrogen-bond acceptors (Lipinski definition) is 4. The van der Waals surface area contributed by atoms with E-state index >= 15 is 0 Å². The molecular weight excluding hydrogens is 517 g/mol. The van der Waals surface area contributed by atoms with E-state index in [1.807, 2.05) is 16.9 Å². The highest BCUT2D eigenvalue weighted by Crippen LogP contribution is 2.16. The van der Waals surface area contributed by atoms with Crippen molar-refractivity contribution in [3.8, 4) is 0 Å². The number of guanidine groups is 1. The van der Waals surface area contributed by atoms with E-state index in [0.29, 0.717) is 6.54 Å². The molecule has 1 aromatic carbocycles. The molecule has 1 amide bonds. The average Bonchev–Trinajstić information content (AvgIpc) is 3.29. The van der Waals surface area contributed by atoms with E-state index in [1.165, 1.54) is 11.1 Å².